The van der Waals surface area contributed by atoms with E-state index >= 15 is 0 Å². The number of nitrogens with two attached hydrogens (primary N) is 1. The molecule has 5 heteroatoms. The summed E-state index contributed by atoms with van der Waals surface area (Å²) < 4.78 is 5.09. The molecule has 1 saturated heterocycles. The Morgan fingerprint density at radius 1 is 1.67 bits per heavy atom. The molecule has 0 radical (unpaired) electrons. The maximum Gasteiger partial charge on any atom is 0.323 e. The van der Waals surface area contributed by atoms with Crippen molar-refractivity contribution < 1.29 is 19.7 Å². The van der Waals surface area contributed by atoms with Crippen LogP contribution in [0.1, 0.15) is 12.8 Å². The molecule has 0 aromatic carbocycles. The Labute approximate surface area is 70.1 Å². The van der Waals surface area contributed by atoms with Gasteiger partial charge in [0.1, 0.15) is 12.1 Å². The number of carboxylic acids is 1. The summed E-state index contributed by atoms with van der Waals surface area (Å²) in [5, 5.41) is 17.8. The van der Waals surface area contributed by atoms with Crippen molar-refractivity contribution in [2.45, 2.75) is 31.1 Å². The fourth-order valence-corrected chi connectivity index (χ4v) is 1.25. The highest BCUT2D eigenvalue weighted by Crippen LogP contribution is 2.16. The molecule has 0 spiro atoms. The highest BCUT2D eigenvalue weighted by Gasteiger charge is 2.32. The van der Waals surface area contributed by atoms with E-state index in [9.17, 15) is 9.90 Å². The van der Waals surface area contributed by atoms with Crippen LogP contribution in [-0.4, -0.2) is 41.0 Å². The summed E-state index contributed by atoms with van der Waals surface area (Å²) in [6, 6.07) is -1.24. The maximum absolute atomic E-state index is 10.4. The van der Waals surface area contributed by atoms with Crippen LogP contribution in [-0.2, 0) is 9.53 Å². The van der Waals surface area contributed by atoms with Gasteiger partial charge in [0.25, 0.3) is 0 Å². The van der Waals surface area contributed by atoms with Gasteiger partial charge < -0.3 is 20.7 Å². The van der Waals surface area contributed by atoms with Gasteiger partial charge in [-0.15, -0.1) is 0 Å². The van der Waals surface area contributed by atoms with E-state index in [2.05, 4.69) is 0 Å². The number of carboxylic acid groups (broad SMARTS) is 1. The number of aliphatic hydroxyl groups excluding tert-OH is 1. The monoisotopic (exact) mass is 175 g/mol. The summed E-state index contributed by atoms with van der Waals surface area (Å²) in [5.74, 6) is -1.20. The second kappa shape index (κ2) is 3.84. The minimum Gasteiger partial charge on any atom is -0.480 e. The number of hydrogen-bond donors (Lipinski definition) is 3. The van der Waals surface area contributed by atoms with E-state index in [1.165, 1.54) is 0 Å². The summed E-state index contributed by atoms with van der Waals surface area (Å²) in [4.78, 5) is 10.4. The number of ether oxygens (including phenoxy) is 1. The summed E-state index contributed by atoms with van der Waals surface area (Å²) in [5.41, 5.74) is 5.21. The SMILES string of the molecule is N[C@H](C(=O)O)[C@@H](O)C1CCCO1. The number of carbonyl (C=O) groups is 1. The number of hydrogen-bond acceptors (Lipinski definition) is 4. The minimum absolute atomic E-state index is 0.406. The zero-order valence-electron chi connectivity index (χ0n) is 6.64. The molecule has 70 valence electrons. The van der Waals surface area contributed by atoms with Gasteiger partial charge in [0.05, 0.1) is 6.10 Å². The molecular formula is C7H13NO4. The molecule has 3 atom stereocenters. The molecule has 4 N–H and O–H groups in total. The van der Waals surface area contributed by atoms with Crippen molar-refractivity contribution in [3.63, 3.8) is 0 Å². The lowest BCUT2D eigenvalue weighted by atomic mass is 10.0. The third-order valence-corrected chi connectivity index (χ3v) is 2.00. The zero-order chi connectivity index (χ0) is 9.14. The molecule has 1 fully saturated rings. The summed E-state index contributed by atoms with van der Waals surface area (Å²) in [7, 11) is 0. The zero-order valence-corrected chi connectivity index (χ0v) is 6.64. The lowest BCUT2D eigenvalue weighted by Crippen LogP contribution is -2.47. The molecule has 1 aliphatic rings. The van der Waals surface area contributed by atoms with Crippen LogP contribution in [0, 0.1) is 0 Å². The van der Waals surface area contributed by atoms with E-state index in [1.807, 2.05) is 0 Å². The highest BCUT2D eigenvalue weighted by atomic mass is 16.5. The second-order valence-corrected chi connectivity index (χ2v) is 2.91. The van der Waals surface area contributed by atoms with Gasteiger partial charge in [-0.05, 0) is 12.8 Å². The molecular weight excluding hydrogens is 162 g/mol. The Morgan fingerprint density at radius 2 is 2.33 bits per heavy atom. The van der Waals surface area contributed by atoms with Crippen molar-refractivity contribution in [2.24, 2.45) is 5.73 Å². The summed E-state index contributed by atoms with van der Waals surface area (Å²) in [6.07, 6.45) is 0.0389. The number of aliphatic hydroxyl groups is 1. The topological polar surface area (TPSA) is 92.8 Å². The molecule has 1 aliphatic heterocycles. The van der Waals surface area contributed by atoms with Crippen molar-refractivity contribution in [3.05, 3.63) is 0 Å². The third-order valence-electron chi connectivity index (χ3n) is 2.00. The van der Waals surface area contributed by atoms with Gasteiger partial charge in [0, 0.05) is 6.61 Å². The lowest BCUT2D eigenvalue weighted by molar-refractivity contribution is -0.143. The van der Waals surface area contributed by atoms with Crippen LogP contribution in [0.4, 0.5) is 0 Å². The van der Waals surface area contributed by atoms with Gasteiger partial charge in [-0.1, -0.05) is 0 Å². The van der Waals surface area contributed by atoms with Gasteiger partial charge in [0.2, 0.25) is 0 Å². The Hall–Kier alpha value is -0.650. The van der Waals surface area contributed by atoms with E-state index in [4.69, 9.17) is 15.6 Å². The quantitative estimate of drug-likeness (QED) is 0.508. The van der Waals surface area contributed by atoms with Gasteiger partial charge in [-0.25, -0.2) is 0 Å². The first kappa shape index (κ1) is 9.44. The highest BCUT2D eigenvalue weighted by molar-refractivity contribution is 5.74. The third kappa shape index (κ3) is 1.94. The van der Waals surface area contributed by atoms with Crippen molar-refractivity contribution in [1.82, 2.24) is 0 Å². The minimum atomic E-state index is -1.24. The molecule has 0 aliphatic carbocycles. The Morgan fingerprint density at radius 3 is 2.75 bits per heavy atom. The average molecular weight is 175 g/mol. The van der Waals surface area contributed by atoms with E-state index in [0.29, 0.717) is 13.0 Å². The van der Waals surface area contributed by atoms with Crippen LogP contribution in [0.25, 0.3) is 0 Å². The summed E-state index contributed by atoms with van der Waals surface area (Å²) in [6.45, 7) is 0.577. The predicted octanol–water partition coefficient (Wildman–Crippen LogP) is -1.06. The van der Waals surface area contributed by atoms with E-state index < -0.39 is 24.2 Å². The van der Waals surface area contributed by atoms with Crippen LogP contribution >= 0.6 is 0 Å². The second-order valence-electron chi connectivity index (χ2n) is 2.91. The van der Waals surface area contributed by atoms with Crippen molar-refractivity contribution in [1.29, 1.82) is 0 Å². The fourth-order valence-electron chi connectivity index (χ4n) is 1.25. The van der Waals surface area contributed by atoms with Crippen molar-refractivity contribution in [3.8, 4) is 0 Å². The number of aliphatic carboxylic acids is 1. The molecule has 0 bridgehead atoms. The van der Waals surface area contributed by atoms with E-state index in [-0.39, 0.29) is 0 Å². The standard InChI is InChI=1S/C7H13NO4/c8-5(7(10)11)6(9)4-2-1-3-12-4/h4-6,9H,1-3,8H2,(H,10,11)/t4?,5-,6-/m0/s1. The van der Waals surface area contributed by atoms with Gasteiger partial charge in [0.15, 0.2) is 0 Å². The first-order chi connectivity index (χ1) is 5.63. The predicted molar refractivity (Wildman–Crippen MR) is 40.6 cm³/mol. The Bertz CT molecular complexity index is 167. The van der Waals surface area contributed by atoms with Crippen LogP contribution in [0.15, 0.2) is 0 Å². The van der Waals surface area contributed by atoms with E-state index in [1.54, 1.807) is 0 Å². The molecule has 1 unspecified atom stereocenters. The van der Waals surface area contributed by atoms with Crippen molar-refractivity contribution >= 4 is 5.97 Å². The fraction of sp³-hybridized carbons (Fsp3) is 0.857. The van der Waals surface area contributed by atoms with Gasteiger partial charge in [-0.3, -0.25) is 4.79 Å². The largest absolute Gasteiger partial charge is 0.480 e. The number of rotatable bonds is 3. The lowest BCUT2D eigenvalue weighted by Gasteiger charge is -2.20. The van der Waals surface area contributed by atoms with Crippen LogP contribution in [0.5, 0.6) is 0 Å². The van der Waals surface area contributed by atoms with Gasteiger partial charge in [-0.2, -0.15) is 0 Å². The molecule has 5 nitrogen and oxygen atoms in total. The first-order valence-corrected chi connectivity index (χ1v) is 3.91. The van der Waals surface area contributed by atoms with Crippen LogP contribution < -0.4 is 5.73 Å². The average Bonchev–Trinajstić information content (AvgIpc) is 2.53. The van der Waals surface area contributed by atoms with E-state index in [0.717, 1.165) is 6.42 Å². The van der Waals surface area contributed by atoms with Crippen molar-refractivity contribution in [2.75, 3.05) is 6.61 Å². The summed E-state index contributed by atoms with van der Waals surface area (Å²) >= 11 is 0. The normalized spacial score (nSPS) is 28.3. The Balaban J connectivity index is 2.44. The van der Waals surface area contributed by atoms with Crippen LogP contribution in [0.2, 0.25) is 0 Å². The molecule has 12 heavy (non-hydrogen) atoms. The molecule has 0 aromatic rings. The molecule has 0 aromatic heterocycles. The van der Waals surface area contributed by atoms with Crippen LogP contribution in [0.3, 0.4) is 0 Å². The molecule has 1 rings (SSSR count). The Kier molecular flexibility index (Phi) is 3.02. The molecule has 0 saturated carbocycles. The van der Waals surface area contributed by atoms with Gasteiger partial charge >= 0.3 is 5.97 Å². The first-order valence-electron chi connectivity index (χ1n) is 3.91. The molecule has 0 amide bonds. The maximum atomic E-state index is 10.4. The smallest absolute Gasteiger partial charge is 0.323 e. The molecule has 1 heterocycles.